The van der Waals surface area contributed by atoms with Crippen LogP contribution in [0.25, 0.3) is 101 Å². The van der Waals surface area contributed by atoms with Crippen LogP contribution in [0.3, 0.4) is 0 Å². The van der Waals surface area contributed by atoms with Crippen molar-refractivity contribution in [3.8, 4) is 79.2 Å². The number of hydrogen-bond acceptors (Lipinski definition) is 5. The van der Waals surface area contributed by atoms with Crippen molar-refractivity contribution in [2.75, 3.05) is 0 Å². The van der Waals surface area contributed by atoms with Gasteiger partial charge in [0.1, 0.15) is 0 Å². The van der Waals surface area contributed by atoms with Crippen molar-refractivity contribution in [1.29, 1.82) is 0 Å². The monoisotopic (exact) mass is 715 g/mol. The Morgan fingerprint density at radius 3 is 1.00 bits per heavy atom. The van der Waals surface area contributed by atoms with Crippen LogP contribution in [-0.2, 0) is 0 Å². The highest BCUT2D eigenvalue weighted by molar-refractivity contribution is 6.21. The predicted molar refractivity (Wildman–Crippen MR) is 228 cm³/mol. The van der Waals surface area contributed by atoms with E-state index < -0.39 is 0 Å². The van der Waals surface area contributed by atoms with Gasteiger partial charge in [0.15, 0.2) is 23.3 Å². The van der Waals surface area contributed by atoms with Crippen molar-refractivity contribution in [2.45, 2.75) is 0 Å². The van der Waals surface area contributed by atoms with Crippen LogP contribution in [0, 0.1) is 0 Å². The maximum absolute atomic E-state index is 5.24. The fourth-order valence-corrected chi connectivity index (χ4v) is 7.47. The molecule has 5 heteroatoms. The molecular formula is C51H33N5. The van der Waals surface area contributed by atoms with E-state index in [9.17, 15) is 0 Å². The number of benzene rings is 8. The maximum Gasteiger partial charge on any atom is 0.165 e. The first-order valence-electron chi connectivity index (χ1n) is 18.7. The van der Waals surface area contributed by atoms with E-state index in [1.807, 2.05) is 97.1 Å². The van der Waals surface area contributed by atoms with Crippen molar-refractivity contribution in [3.05, 3.63) is 200 Å². The largest absolute Gasteiger partial charge is 0.228 e. The Morgan fingerprint density at radius 2 is 0.536 bits per heavy atom. The molecule has 0 amide bonds. The van der Waals surface area contributed by atoms with E-state index in [0.29, 0.717) is 23.3 Å². The fourth-order valence-electron chi connectivity index (χ4n) is 7.47. The highest BCUT2D eigenvalue weighted by Crippen LogP contribution is 2.44. The topological polar surface area (TPSA) is 64.5 Å². The molecule has 0 bridgehead atoms. The van der Waals surface area contributed by atoms with Crippen LogP contribution in [0.2, 0.25) is 0 Å². The Kier molecular flexibility index (Phi) is 8.43. The van der Waals surface area contributed by atoms with Gasteiger partial charge >= 0.3 is 0 Å². The Bertz CT molecular complexity index is 2870. The van der Waals surface area contributed by atoms with Crippen molar-refractivity contribution < 1.29 is 0 Å². The summed E-state index contributed by atoms with van der Waals surface area (Å²) in [5, 5.41) is 4.49. The number of nitrogens with zero attached hydrogens (tertiary/aromatic N) is 5. The van der Waals surface area contributed by atoms with Crippen LogP contribution in [0.5, 0.6) is 0 Å². The molecule has 0 unspecified atom stereocenters. The molecule has 0 spiro atoms. The zero-order chi connectivity index (χ0) is 37.3. The molecule has 0 aliphatic carbocycles. The summed E-state index contributed by atoms with van der Waals surface area (Å²) in [6.45, 7) is 0. The first-order valence-corrected chi connectivity index (χ1v) is 18.7. The van der Waals surface area contributed by atoms with Gasteiger partial charge in [-0.2, -0.15) is 0 Å². The van der Waals surface area contributed by atoms with Gasteiger partial charge < -0.3 is 0 Å². The molecule has 262 valence electrons. The highest BCUT2D eigenvalue weighted by Gasteiger charge is 2.22. The lowest BCUT2D eigenvalue weighted by molar-refractivity contribution is 1.08. The first-order chi connectivity index (χ1) is 27.8. The number of rotatable bonds is 7. The summed E-state index contributed by atoms with van der Waals surface area (Å²) in [4.78, 5) is 25.7. The summed E-state index contributed by atoms with van der Waals surface area (Å²) in [5.41, 5.74) is 9.66. The third-order valence-corrected chi connectivity index (χ3v) is 10.2. The smallest absolute Gasteiger partial charge is 0.165 e. The van der Waals surface area contributed by atoms with E-state index in [4.69, 9.17) is 24.9 Å². The summed E-state index contributed by atoms with van der Waals surface area (Å²) in [7, 11) is 0. The van der Waals surface area contributed by atoms with E-state index in [1.54, 1.807) is 0 Å². The molecule has 0 aliphatic heterocycles. The van der Waals surface area contributed by atoms with Crippen molar-refractivity contribution >= 4 is 21.5 Å². The summed E-state index contributed by atoms with van der Waals surface area (Å²) in [6, 6.07) is 68.6. The van der Waals surface area contributed by atoms with Crippen LogP contribution >= 0.6 is 0 Å². The summed E-state index contributed by atoms with van der Waals surface area (Å²) in [5.74, 6) is 2.53. The molecule has 2 heterocycles. The first kappa shape index (κ1) is 33.0. The van der Waals surface area contributed by atoms with Gasteiger partial charge in [-0.15, -0.1) is 0 Å². The van der Waals surface area contributed by atoms with Gasteiger partial charge in [-0.1, -0.05) is 194 Å². The van der Waals surface area contributed by atoms with E-state index in [-0.39, 0.29) is 0 Å². The second kappa shape index (κ2) is 14.3. The number of hydrogen-bond donors (Lipinski definition) is 0. The van der Waals surface area contributed by atoms with Gasteiger partial charge in [0.05, 0.1) is 11.4 Å². The molecule has 0 saturated heterocycles. The van der Waals surface area contributed by atoms with Crippen LogP contribution in [0.15, 0.2) is 200 Å². The molecule has 56 heavy (non-hydrogen) atoms. The minimum atomic E-state index is 0.616. The second-order valence-corrected chi connectivity index (χ2v) is 13.7. The number of fused-ring (bicyclic) bond motifs is 3. The Balaban J connectivity index is 1.20. The maximum atomic E-state index is 5.24. The molecule has 0 radical (unpaired) electrons. The second-order valence-electron chi connectivity index (χ2n) is 13.7. The molecule has 0 N–H and O–H groups in total. The highest BCUT2D eigenvalue weighted by atomic mass is 15.0. The third kappa shape index (κ3) is 6.17. The van der Waals surface area contributed by atoms with Gasteiger partial charge in [0, 0.05) is 38.9 Å². The zero-order valence-electron chi connectivity index (χ0n) is 30.3. The molecule has 2 aromatic heterocycles. The quantitative estimate of drug-likeness (QED) is 0.154. The van der Waals surface area contributed by atoms with Crippen LogP contribution < -0.4 is 0 Å². The van der Waals surface area contributed by atoms with E-state index >= 15 is 0 Å². The van der Waals surface area contributed by atoms with E-state index in [1.165, 1.54) is 0 Å². The normalized spacial score (nSPS) is 11.2. The third-order valence-electron chi connectivity index (χ3n) is 10.2. The Labute approximate surface area is 324 Å². The predicted octanol–water partition coefficient (Wildman–Crippen LogP) is 12.6. The van der Waals surface area contributed by atoms with Gasteiger partial charge in [0.2, 0.25) is 0 Å². The Morgan fingerprint density at radius 1 is 0.214 bits per heavy atom. The summed E-state index contributed by atoms with van der Waals surface area (Å²) < 4.78 is 0. The van der Waals surface area contributed by atoms with Crippen LogP contribution in [-0.4, -0.2) is 24.9 Å². The number of aromatic nitrogens is 5. The molecule has 10 aromatic rings. The van der Waals surface area contributed by atoms with Gasteiger partial charge in [-0.05, 0) is 33.2 Å². The van der Waals surface area contributed by atoms with Gasteiger partial charge in [-0.3, -0.25) is 0 Å². The molecule has 10 rings (SSSR count). The molecule has 0 saturated carbocycles. The summed E-state index contributed by atoms with van der Waals surface area (Å²) in [6.07, 6.45) is 0. The molecule has 0 atom stereocenters. The van der Waals surface area contributed by atoms with E-state index in [2.05, 4.69) is 103 Å². The Hall–Kier alpha value is -7.63. The average molecular weight is 716 g/mol. The van der Waals surface area contributed by atoms with Crippen LogP contribution in [0.4, 0.5) is 0 Å². The fraction of sp³-hybridized carbons (Fsp3) is 0. The minimum Gasteiger partial charge on any atom is -0.228 e. The minimum absolute atomic E-state index is 0.616. The van der Waals surface area contributed by atoms with Gasteiger partial charge in [-0.25, -0.2) is 24.9 Å². The molecule has 8 aromatic carbocycles. The average Bonchev–Trinajstić information content (AvgIpc) is 3.29. The molecule has 0 aliphatic rings. The van der Waals surface area contributed by atoms with Gasteiger partial charge in [0.25, 0.3) is 0 Å². The SMILES string of the molecule is c1ccc(-c2cc(-c3ccccc3)nc(-c3ccc(-c4c(-c5nc(-c6ccccc6)nc(-c6ccccc6)n5)c5ccccc5c5ccccc45)cc3)n2)cc1. The zero-order valence-corrected chi connectivity index (χ0v) is 30.3. The van der Waals surface area contributed by atoms with E-state index in [0.717, 1.165) is 77.4 Å². The molecule has 5 nitrogen and oxygen atoms in total. The summed E-state index contributed by atoms with van der Waals surface area (Å²) >= 11 is 0. The molecular weight excluding hydrogens is 683 g/mol. The lowest BCUT2D eigenvalue weighted by atomic mass is 9.87. The van der Waals surface area contributed by atoms with Crippen molar-refractivity contribution in [3.63, 3.8) is 0 Å². The lowest BCUT2D eigenvalue weighted by Crippen LogP contribution is -2.02. The van der Waals surface area contributed by atoms with Crippen molar-refractivity contribution in [1.82, 2.24) is 24.9 Å². The molecule has 0 fully saturated rings. The lowest BCUT2D eigenvalue weighted by Gasteiger charge is -2.18. The van der Waals surface area contributed by atoms with Crippen LogP contribution in [0.1, 0.15) is 0 Å². The van der Waals surface area contributed by atoms with Crippen molar-refractivity contribution in [2.24, 2.45) is 0 Å². The standard InChI is InChI=1S/C51H33N5/c1-5-17-34(18-6-1)44-33-45(35-19-7-2-8-20-35)53-48(52-44)39-31-29-36(30-32-39)46-42-27-15-13-25-40(42)41-26-14-16-28-43(41)47(46)51-55-49(37-21-9-3-10-22-37)54-50(56-51)38-23-11-4-12-24-38/h1-33H.